The molecule has 1 saturated heterocycles. The molecular formula is C26H30N2O7. The summed E-state index contributed by atoms with van der Waals surface area (Å²) >= 11 is 0. The monoisotopic (exact) mass is 482 g/mol. The second-order valence-electron chi connectivity index (χ2n) is 9.36. The summed E-state index contributed by atoms with van der Waals surface area (Å²) in [6.07, 6.45) is -0.0745. The standard InChI is InChI=1S/C26H30N2O7/c1-25(16-29,23(31)32)27-22(30)14-26(10-12-34-13-11-26)28-24(33)35-15-21-19-8-4-2-6-17(19)18-7-3-5-9-20(18)21/h2-9,21,29H,10-16H2,1H3,(H,27,30)(H,28,33)(H,31,32). The number of amides is 2. The van der Waals surface area contributed by atoms with Crippen LogP contribution in [0.2, 0.25) is 0 Å². The minimum atomic E-state index is -1.81. The molecule has 1 aliphatic heterocycles. The number of fused-ring (bicyclic) bond motifs is 3. The molecule has 0 saturated carbocycles. The largest absolute Gasteiger partial charge is 0.479 e. The van der Waals surface area contributed by atoms with Gasteiger partial charge in [-0.1, -0.05) is 48.5 Å². The van der Waals surface area contributed by atoms with Gasteiger partial charge < -0.3 is 30.3 Å². The first kappa shape index (κ1) is 24.7. The van der Waals surface area contributed by atoms with Gasteiger partial charge in [0, 0.05) is 19.1 Å². The Kier molecular flexibility index (Phi) is 7.09. The molecule has 0 bridgehead atoms. The van der Waals surface area contributed by atoms with Gasteiger partial charge in [0.25, 0.3) is 0 Å². The number of hydrogen-bond acceptors (Lipinski definition) is 6. The van der Waals surface area contributed by atoms with Gasteiger partial charge in [0.05, 0.1) is 18.6 Å². The summed E-state index contributed by atoms with van der Waals surface area (Å²) in [7, 11) is 0. The smallest absolute Gasteiger partial charge is 0.407 e. The molecule has 1 aliphatic carbocycles. The van der Waals surface area contributed by atoms with E-state index in [1.165, 1.54) is 6.92 Å². The van der Waals surface area contributed by atoms with Crippen LogP contribution in [0.1, 0.15) is 43.2 Å². The number of alkyl carbamates (subject to hydrolysis) is 1. The van der Waals surface area contributed by atoms with Crippen LogP contribution in [0.4, 0.5) is 4.79 Å². The first-order valence-electron chi connectivity index (χ1n) is 11.6. The fourth-order valence-corrected chi connectivity index (χ4v) is 4.78. The Bertz CT molecular complexity index is 1070. The van der Waals surface area contributed by atoms with Crippen molar-refractivity contribution in [3.8, 4) is 11.1 Å². The molecule has 0 radical (unpaired) electrons. The zero-order valence-corrected chi connectivity index (χ0v) is 19.6. The number of hydrogen-bond donors (Lipinski definition) is 4. The van der Waals surface area contributed by atoms with E-state index in [2.05, 4.69) is 22.8 Å². The van der Waals surface area contributed by atoms with Gasteiger partial charge in [-0.2, -0.15) is 0 Å². The molecule has 9 heteroatoms. The van der Waals surface area contributed by atoms with Crippen LogP contribution in [0, 0.1) is 0 Å². The van der Waals surface area contributed by atoms with Crippen molar-refractivity contribution in [3.63, 3.8) is 0 Å². The summed E-state index contributed by atoms with van der Waals surface area (Å²) < 4.78 is 11.1. The molecule has 1 heterocycles. The van der Waals surface area contributed by atoms with E-state index in [1.54, 1.807) is 0 Å². The Balaban J connectivity index is 1.43. The topological polar surface area (TPSA) is 134 Å². The maximum absolute atomic E-state index is 12.9. The van der Waals surface area contributed by atoms with Crippen molar-refractivity contribution >= 4 is 18.0 Å². The number of aliphatic carboxylic acids is 1. The zero-order valence-electron chi connectivity index (χ0n) is 19.6. The Morgan fingerprint density at radius 1 is 1.06 bits per heavy atom. The quantitative estimate of drug-likeness (QED) is 0.454. The van der Waals surface area contributed by atoms with Crippen molar-refractivity contribution in [1.82, 2.24) is 10.6 Å². The van der Waals surface area contributed by atoms with Crippen LogP contribution >= 0.6 is 0 Å². The molecule has 0 aromatic heterocycles. The van der Waals surface area contributed by atoms with Crippen LogP contribution in [0.5, 0.6) is 0 Å². The van der Waals surface area contributed by atoms with Gasteiger partial charge in [-0.15, -0.1) is 0 Å². The molecule has 4 rings (SSSR count). The van der Waals surface area contributed by atoms with E-state index in [1.807, 2.05) is 36.4 Å². The summed E-state index contributed by atoms with van der Waals surface area (Å²) in [5, 5.41) is 24.0. The molecular weight excluding hydrogens is 452 g/mol. The van der Waals surface area contributed by atoms with Gasteiger partial charge >= 0.3 is 12.1 Å². The molecule has 1 atom stereocenters. The van der Waals surface area contributed by atoms with Crippen LogP contribution in [0.15, 0.2) is 48.5 Å². The molecule has 35 heavy (non-hydrogen) atoms. The number of ether oxygens (including phenoxy) is 2. The maximum atomic E-state index is 12.9. The van der Waals surface area contributed by atoms with Crippen LogP contribution < -0.4 is 10.6 Å². The second-order valence-corrected chi connectivity index (χ2v) is 9.36. The minimum Gasteiger partial charge on any atom is -0.479 e. The molecule has 186 valence electrons. The van der Waals surface area contributed by atoms with Crippen molar-refractivity contribution < 1.29 is 34.1 Å². The third-order valence-corrected chi connectivity index (χ3v) is 6.86. The number of aliphatic hydroxyl groups is 1. The number of carbonyl (C=O) groups is 3. The van der Waals surface area contributed by atoms with Gasteiger partial charge in [-0.05, 0) is 42.0 Å². The van der Waals surface area contributed by atoms with Crippen LogP contribution in [-0.4, -0.2) is 65.7 Å². The van der Waals surface area contributed by atoms with Gasteiger partial charge in [-0.3, -0.25) is 4.79 Å². The highest BCUT2D eigenvalue weighted by Crippen LogP contribution is 2.44. The summed E-state index contributed by atoms with van der Waals surface area (Å²) in [5.41, 5.74) is 1.68. The SMILES string of the molecule is CC(CO)(NC(=O)CC1(NC(=O)OCC2c3ccccc3-c3ccccc32)CCOCC1)C(=O)O. The van der Waals surface area contributed by atoms with E-state index in [0.29, 0.717) is 26.1 Å². The number of carboxylic acid groups (broad SMARTS) is 1. The fourth-order valence-electron chi connectivity index (χ4n) is 4.78. The molecule has 4 N–H and O–H groups in total. The molecule has 1 unspecified atom stereocenters. The van der Waals surface area contributed by atoms with Crippen molar-refractivity contribution in [3.05, 3.63) is 59.7 Å². The Morgan fingerprint density at radius 2 is 1.63 bits per heavy atom. The van der Waals surface area contributed by atoms with Crippen molar-refractivity contribution in [2.45, 2.75) is 43.2 Å². The van der Waals surface area contributed by atoms with E-state index in [-0.39, 0.29) is 18.9 Å². The maximum Gasteiger partial charge on any atom is 0.407 e. The lowest BCUT2D eigenvalue weighted by molar-refractivity contribution is -0.149. The van der Waals surface area contributed by atoms with Crippen molar-refractivity contribution in [1.29, 1.82) is 0 Å². The summed E-state index contributed by atoms with van der Waals surface area (Å²) in [6, 6.07) is 16.1. The normalized spacial score (nSPS) is 18.0. The molecule has 9 nitrogen and oxygen atoms in total. The van der Waals surface area contributed by atoms with E-state index < -0.39 is 35.7 Å². The average molecular weight is 483 g/mol. The van der Waals surface area contributed by atoms with Gasteiger partial charge in [0.15, 0.2) is 5.54 Å². The molecule has 2 aromatic carbocycles. The lowest BCUT2D eigenvalue weighted by Gasteiger charge is -2.38. The Morgan fingerprint density at radius 3 is 2.17 bits per heavy atom. The van der Waals surface area contributed by atoms with Crippen LogP contribution in [0.25, 0.3) is 11.1 Å². The highest BCUT2D eigenvalue weighted by molar-refractivity contribution is 5.87. The van der Waals surface area contributed by atoms with E-state index in [9.17, 15) is 24.6 Å². The highest BCUT2D eigenvalue weighted by atomic mass is 16.5. The Labute approximate surface area is 203 Å². The van der Waals surface area contributed by atoms with Gasteiger partial charge in [0.2, 0.25) is 5.91 Å². The third-order valence-electron chi connectivity index (χ3n) is 6.86. The number of nitrogens with one attached hydrogen (secondary N) is 2. The number of carboxylic acids is 1. The van der Waals surface area contributed by atoms with Gasteiger partial charge in [0.1, 0.15) is 6.61 Å². The average Bonchev–Trinajstić information content (AvgIpc) is 3.16. The summed E-state index contributed by atoms with van der Waals surface area (Å²) in [4.78, 5) is 37.0. The summed E-state index contributed by atoms with van der Waals surface area (Å²) in [6.45, 7) is 1.29. The summed E-state index contributed by atoms with van der Waals surface area (Å²) in [5.74, 6) is -2.04. The first-order chi connectivity index (χ1) is 16.8. The van der Waals surface area contributed by atoms with Crippen molar-refractivity contribution in [2.75, 3.05) is 26.4 Å². The third kappa shape index (κ3) is 5.16. The van der Waals surface area contributed by atoms with Gasteiger partial charge in [-0.25, -0.2) is 9.59 Å². The first-order valence-corrected chi connectivity index (χ1v) is 11.6. The molecule has 2 amide bonds. The molecule has 2 aliphatic rings. The van der Waals surface area contributed by atoms with E-state index >= 15 is 0 Å². The molecule has 1 fully saturated rings. The van der Waals surface area contributed by atoms with Crippen molar-refractivity contribution in [2.24, 2.45) is 0 Å². The fraction of sp³-hybridized carbons (Fsp3) is 0.423. The predicted octanol–water partition coefficient (Wildman–Crippen LogP) is 2.42. The number of carbonyl (C=O) groups excluding carboxylic acids is 2. The van der Waals surface area contributed by atoms with E-state index in [4.69, 9.17) is 9.47 Å². The second kappa shape index (κ2) is 10.1. The molecule has 2 aromatic rings. The lowest BCUT2D eigenvalue weighted by atomic mass is 9.86. The van der Waals surface area contributed by atoms with Crippen LogP contribution in [-0.2, 0) is 19.1 Å². The Hall–Kier alpha value is -3.43. The minimum absolute atomic E-state index is 0.0945. The number of aliphatic hydroxyl groups excluding tert-OH is 1. The number of rotatable bonds is 8. The van der Waals surface area contributed by atoms with Crippen LogP contribution in [0.3, 0.4) is 0 Å². The highest BCUT2D eigenvalue weighted by Gasteiger charge is 2.41. The predicted molar refractivity (Wildman–Crippen MR) is 127 cm³/mol. The number of benzene rings is 2. The molecule has 0 spiro atoms. The van der Waals surface area contributed by atoms with E-state index in [0.717, 1.165) is 22.3 Å². The zero-order chi connectivity index (χ0) is 25.1. The lowest BCUT2D eigenvalue weighted by Crippen LogP contribution is -2.59.